The normalized spacial score (nSPS) is 22.5. The zero-order valence-corrected chi connectivity index (χ0v) is 18.3. The smallest absolute Gasteiger partial charge is 0.274 e. The van der Waals surface area contributed by atoms with Crippen LogP contribution in [-0.2, 0) is 20.3 Å². The van der Waals surface area contributed by atoms with Crippen LogP contribution < -0.4 is 10.1 Å². The molecule has 0 aliphatic carbocycles. The van der Waals surface area contributed by atoms with Gasteiger partial charge in [0.1, 0.15) is 5.75 Å². The number of nitrogens with one attached hydrogen (secondary N) is 1. The first-order chi connectivity index (χ1) is 15.0. The molecule has 3 aliphatic heterocycles. The number of nitrogens with zero attached hydrogens (tertiary/aromatic N) is 3. The van der Waals surface area contributed by atoms with E-state index in [9.17, 15) is 13.2 Å². The number of piperidine rings is 1. The van der Waals surface area contributed by atoms with Crippen molar-refractivity contribution in [2.75, 3.05) is 46.5 Å². The van der Waals surface area contributed by atoms with E-state index in [0.29, 0.717) is 48.9 Å². The standard InChI is InChI=1S/C21H26N4O5S/c1-29-15-4-5-18-16(11-15)20-17(13-31(18,27)28)19(21(26)24-7-9-30-10-8-24)23-25(20)14-3-2-6-22-12-14/h4-5,11,14,22H,2-3,6-10,12-13H2,1H3. The van der Waals surface area contributed by atoms with Crippen LogP contribution >= 0.6 is 0 Å². The Morgan fingerprint density at radius 1 is 1.29 bits per heavy atom. The highest BCUT2D eigenvalue weighted by Gasteiger charge is 2.38. The van der Waals surface area contributed by atoms with E-state index in [2.05, 4.69) is 5.32 Å². The van der Waals surface area contributed by atoms with Crippen molar-refractivity contribution in [3.8, 4) is 17.0 Å². The van der Waals surface area contributed by atoms with Crippen LogP contribution in [0.1, 0.15) is 34.9 Å². The molecule has 1 aromatic carbocycles. The van der Waals surface area contributed by atoms with Crippen LogP contribution in [0, 0.1) is 0 Å². The summed E-state index contributed by atoms with van der Waals surface area (Å²) in [6, 6.07) is 5.03. The first kappa shape index (κ1) is 20.5. The summed E-state index contributed by atoms with van der Waals surface area (Å²) in [5, 5.41) is 8.14. The molecule has 0 bridgehead atoms. The Balaban J connectivity index is 1.70. The Bertz CT molecular complexity index is 1120. The summed E-state index contributed by atoms with van der Waals surface area (Å²) in [6.45, 7) is 3.56. The predicted molar refractivity (Wildman–Crippen MR) is 113 cm³/mol. The van der Waals surface area contributed by atoms with Crippen LogP contribution in [0.15, 0.2) is 23.1 Å². The zero-order valence-electron chi connectivity index (χ0n) is 17.5. The number of sulfone groups is 1. The van der Waals surface area contributed by atoms with Gasteiger partial charge in [0.05, 0.1) is 42.7 Å². The van der Waals surface area contributed by atoms with Crippen LogP contribution in [0.5, 0.6) is 5.75 Å². The van der Waals surface area contributed by atoms with E-state index in [0.717, 1.165) is 25.9 Å². The number of benzene rings is 1. The number of methoxy groups -OCH3 is 1. The average molecular weight is 447 g/mol. The van der Waals surface area contributed by atoms with Crippen molar-refractivity contribution in [3.05, 3.63) is 29.5 Å². The molecule has 0 saturated carbocycles. The maximum absolute atomic E-state index is 13.4. The number of carbonyl (C=O) groups is 1. The third kappa shape index (κ3) is 3.52. The van der Waals surface area contributed by atoms with Crippen LogP contribution in [0.3, 0.4) is 0 Å². The lowest BCUT2D eigenvalue weighted by Crippen LogP contribution is -2.41. The second-order valence-corrected chi connectivity index (χ2v) is 10.1. The summed E-state index contributed by atoms with van der Waals surface area (Å²) in [5.74, 6) is 0.105. The molecule has 31 heavy (non-hydrogen) atoms. The van der Waals surface area contributed by atoms with Gasteiger partial charge in [0.25, 0.3) is 5.91 Å². The Morgan fingerprint density at radius 3 is 2.81 bits per heavy atom. The lowest BCUT2D eigenvalue weighted by molar-refractivity contribution is 0.0297. The number of ether oxygens (including phenoxy) is 2. The largest absolute Gasteiger partial charge is 0.497 e. The van der Waals surface area contributed by atoms with E-state index in [1.165, 1.54) is 0 Å². The molecule has 10 heteroatoms. The molecule has 1 N–H and O–H groups in total. The Hall–Kier alpha value is -2.43. The summed E-state index contributed by atoms with van der Waals surface area (Å²) in [6.07, 6.45) is 1.91. The highest BCUT2D eigenvalue weighted by Crippen LogP contribution is 2.43. The molecule has 1 aromatic heterocycles. The van der Waals surface area contributed by atoms with Gasteiger partial charge in [-0.05, 0) is 37.6 Å². The minimum atomic E-state index is -3.60. The zero-order chi connectivity index (χ0) is 21.6. The van der Waals surface area contributed by atoms with Gasteiger partial charge in [-0.3, -0.25) is 9.48 Å². The lowest BCUT2D eigenvalue weighted by atomic mass is 10.0. The second-order valence-electron chi connectivity index (χ2n) is 8.15. The van der Waals surface area contributed by atoms with E-state index < -0.39 is 9.84 Å². The van der Waals surface area contributed by atoms with E-state index in [-0.39, 0.29) is 28.3 Å². The van der Waals surface area contributed by atoms with Crippen molar-refractivity contribution in [1.29, 1.82) is 0 Å². The molecule has 1 atom stereocenters. The number of rotatable bonds is 3. The molecule has 1 amide bonds. The van der Waals surface area contributed by atoms with Crippen molar-refractivity contribution < 1.29 is 22.7 Å². The van der Waals surface area contributed by atoms with Gasteiger partial charge >= 0.3 is 0 Å². The highest BCUT2D eigenvalue weighted by atomic mass is 32.2. The number of amides is 1. The van der Waals surface area contributed by atoms with Gasteiger partial charge in [-0.1, -0.05) is 0 Å². The van der Waals surface area contributed by atoms with E-state index >= 15 is 0 Å². The summed E-state index contributed by atoms with van der Waals surface area (Å²) in [7, 11) is -2.05. The average Bonchev–Trinajstić information content (AvgIpc) is 3.18. The summed E-state index contributed by atoms with van der Waals surface area (Å²) in [4.78, 5) is 15.3. The van der Waals surface area contributed by atoms with E-state index in [4.69, 9.17) is 14.6 Å². The van der Waals surface area contributed by atoms with E-state index in [1.807, 2.05) is 4.68 Å². The minimum Gasteiger partial charge on any atom is -0.497 e. The second kappa shape index (κ2) is 7.92. The van der Waals surface area contributed by atoms with Gasteiger partial charge in [0.2, 0.25) is 0 Å². The molecule has 3 aliphatic rings. The third-order valence-corrected chi connectivity index (χ3v) is 7.93. The molecule has 0 radical (unpaired) electrons. The topological polar surface area (TPSA) is 103 Å². The number of morpholine rings is 1. The van der Waals surface area contributed by atoms with Crippen molar-refractivity contribution in [3.63, 3.8) is 0 Å². The Kier molecular flexibility index (Phi) is 5.23. The van der Waals surface area contributed by atoms with Gasteiger partial charge in [-0.2, -0.15) is 5.10 Å². The van der Waals surface area contributed by atoms with Crippen LogP contribution in [0.25, 0.3) is 11.3 Å². The quantitative estimate of drug-likeness (QED) is 0.757. The fourth-order valence-corrected chi connectivity index (χ4v) is 6.22. The molecular weight excluding hydrogens is 420 g/mol. The van der Waals surface area contributed by atoms with Crippen LogP contribution in [0.2, 0.25) is 0 Å². The summed E-state index contributed by atoms with van der Waals surface area (Å²) < 4.78 is 38.9. The van der Waals surface area contributed by atoms with Gasteiger partial charge < -0.3 is 19.7 Å². The molecule has 5 rings (SSSR count). The molecule has 2 aromatic rings. The molecule has 1 unspecified atom stereocenters. The maximum atomic E-state index is 13.4. The Morgan fingerprint density at radius 2 is 2.10 bits per heavy atom. The SMILES string of the molecule is COc1ccc2c(c1)-c1c(c(C(=O)N3CCOCC3)nn1C1CCCNC1)CS2(=O)=O. The number of carbonyl (C=O) groups excluding carboxylic acids is 1. The fraction of sp³-hybridized carbons (Fsp3) is 0.524. The number of hydrogen-bond acceptors (Lipinski definition) is 7. The van der Waals surface area contributed by atoms with Crippen LogP contribution in [0.4, 0.5) is 0 Å². The van der Waals surface area contributed by atoms with Crippen molar-refractivity contribution in [2.45, 2.75) is 29.5 Å². The van der Waals surface area contributed by atoms with Crippen molar-refractivity contribution in [1.82, 2.24) is 20.0 Å². The molecule has 4 heterocycles. The predicted octanol–water partition coefficient (Wildman–Crippen LogP) is 1.24. The van der Waals surface area contributed by atoms with Gasteiger partial charge in [-0.25, -0.2) is 8.42 Å². The molecule has 2 saturated heterocycles. The monoisotopic (exact) mass is 446 g/mol. The molecular formula is C21H26N4O5S. The van der Waals surface area contributed by atoms with Gasteiger partial charge in [0, 0.05) is 30.8 Å². The number of fused-ring (bicyclic) bond motifs is 3. The Labute approximate surface area is 181 Å². The van der Waals surface area contributed by atoms with E-state index in [1.54, 1.807) is 30.2 Å². The fourth-order valence-electron chi connectivity index (χ4n) is 4.65. The number of hydrogen-bond donors (Lipinski definition) is 1. The molecule has 2 fully saturated rings. The van der Waals surface area contributed by atoms with Gasteiger partial charge in [0.15, 0.2) is 15.5 Å². The third-order valence-electron chi connectivity index (χ3n) is 6.24. The molecule has 0 spiro atoms. The lowest BCUT2D eigenvalue weighted by Gasteiger charge is -2.27. The van der Waals surface area contributed by atoms with Crippen molar-refractivity contribution >= 4 is 15.7 Å². The maximum Gasteiger partial charge on any atom is 0.274 e. The molecule has 166 valence electrons. The van der Waals surface area contributed by atoms with Gasteiger partial charge in [-0.15, -0.1) is 0 Å². The van der Waals surface area contributed by atoms with Crippen LogP contribution in [-0.4, -0.2) is 75.5 Å². The molecule has 9 nitrogen and oxygen atoms in total. The summed E-state index contributed by atoms with van der Waals surface area (Å²) in [5.41, 5.74) is 2.00. The highest BCUT2D eigenvalue weighted by molar-refractivity contribution is 7.90. The first-order valence-electron chi connectivity index (χ1n) is 10.6. The van der Waals surface area contributed by atoms with Crippen molar-refractivity contribution in [2.24, 2.45) is 0 Å². The number of aromatic nitrogens is 2. The first-order valence-corrected chi connectivity index (χ1v) is 12.2. The summed E-state index contributed by atoms with van der Waals surface area (Å²) >= 11 is 0. The minimum absolute atomic E-state index is 0.0496.